The van der Waals surface area contributed by atoms with Crippen LogP contribution in [0.15, 0.2) is 24.3 Å². The number of aryl methyl sites for hydroxylation is 1. The van der Waals surface area contributed by atoms with Gasteiger partial charge < -0.3 is 19.9 Å². The SMILES string of the molecule is COc1cc(CNC(=O)[C@H]2C[C@@H]2c2ccc(C)s2)cc(OC)c1O. The highest BCUT2D eigenvalue weighted by Gasteiger charge is 2.44. The minimum Gasteiger partial charge on any atom is -0.502 e. The van der Waals surface area contributed by atoms with Gasteiger partial charge in [0.15, 0.2) is 11.5 Å². The number of rotatable bonds is 6. The number of carbonyl (C=O) groups excluding carboxylic acids is 1. The van der Waals surface area contributed by atoms with E-state index in [-0.39, 0.29) is 17.6 Å². The van der Waals surface area contributed by atoms with Crippen LogP contribution in [-0.2, 0) is 11.3 Å². The summed E-state index contributed by atoms with van der Waals surface area (Å²) in [5.41, 5.74) is 0.819. The average Bonchev–Trinajstić information content (AvgIpc) is 3.27. The summed E-state index contributed by atoms with van der Waals surface area (Å²) >= 11 is 1.76. The number of methoxy groups -OCH3 is 2. The molecule has 1 saturated carbocycles. The third-order valence-electron chi connectivity index (χ3n) is 4.26. The number of carbonyl (C=O) groups is 1. The summed E-state index contributed by atoms with van der Waals surface area (Å²) in [5.74, 6) is 1.10. The second-order valence-electron chi connectivity index (χ2n) is 5.96. The van der Waals surface area contributed by atoms with Crippen molar-refractivity contribution in [1.82, 2.24) is 5.32 Å². The molecule has 1 heterocycles. The van der Waals surface area contributed by atoms with Crippen molar-refractivity contribution < 1.29 is 19.4 Å². The first-order chi connectivity index (χ1) is 11.5. The van der Waals surface area contributed by atoms with Crippen molar-refractivity contribution in [3.05, 3.63) is 39.6 Å². The minimum atomic E-state index is -0.0367. The Balaban J connectivity index is 1.61. The molecule has 128 valence electrons. The normalized spacial score (nSPS) is 19.0. The molecule has 2 atom stereocenters. The molecule has 0 unspecified atom stereocenters. The zero-order valence-electron chi connectivity index (χ0n) is 14.0. The Morgan fingerprint density at radius 3 is 2.50 bits per heavy atom. The smallest absolute Gasteiger partial charge is 0.224 e. The van der Waals surface area contributed by atoms with Gasteiger partial charge in [-0.15, -0.1) is 11.3 Å². The van der Waals surface area contributed by atoms with E-state index in [4.69, 9.17) is 9.47 Å². The van der Waals surface area contributed by atoms with Crippen LogP contribution >= 0.6 is 11.3 Å². The van der Waals surface area contributed by atoms with Crippen molar-refractivity contribution in [3.63, 3.8) is 0 Å². The molecule has 1 aliphatic carbocycles. The van der Waals surface area contributed by atoms with Gasteiger partial charge in [0.05, 0.1) is 14.2 Å². The molecule has 1 amide bonds. The highest BCUT2D eigenvalue weighted by Crippen LogP contribution is 2.49. The number of amides is 1. The molecule has 6 heteroatoms. The maximum Gasteiger partial charge on any atom is 0.224 e. The maximum atomic E-state index is 12.3. The van der Waals surface area contributed by atoms with Gasteiger partial charge in [-0.1, -0.05) is 0 Å². The van der Waals surface area contributed by atoms with E-state index < -0.39 is 0 Å². The summed E-state index contributed by atoms with van der Waals surface area (Å²) < 4.78 is 10.3. The number of hydrogen-bond acceptors (Lipinski definition) is 5. The van der Waals surface area contributed by atoms with E-state index in [2.05, 4.69) is 24.4 Å². The molecule has 0 radical (unpaired) electrons. The van der Waals surface area contributed by atoms with Crippen LogP contribution in [0.4, 0.5) is 0 Å². The average molecular weight is 347 g/mol. The van der Waals surface area contributed by atoms with Crippen LogP contribution in [0.2, 0.25) is 0 Å². The van der Waals surface area contributed by atoms with E-state index in [1.165, 1.54) is 24.0 Å². The number of nitrogens with one attached hydrogen (secondary N) is 1. The molecular weight excluding hydrogens is 326 g/mol. The predicted molar refractivity (Wildman–Crippen MR) is 93.0 cm³/mol. The summed E-state index contributed by atoms with van der Waals surface area (Å²) in [6, 6.07) is 7.62. The molecule has 1 fully saturated rings. The molecular formula is C18H21NO4S. The number of aromatic hydroxyl groups is 1. The number of hydrogen-bond donors (Lipinski definition) is 2. The lowest BCUT2D eigenvalue weighted by molar-refractivity contribution is -0.122. The topological polar surface area (TPSA) is 67.8 Å². The molecule has 1 aromatic carbocycles. The standard InChI is InChI=1S/C18H21NO4S/c1-10-4-5-16(24-10)12-8-13(12)18(21)19-9-11-6-14(22-2)17(20)15(7-11)23-3/h4-7,12-13,20H,8-9H2,1-3H3,(H,19,21)/t12-,13-/m0/s1. The van der Waals surface area contributed by atoms with Gasteiger partial charge >= 0.3 is 0 Å². The maximum absolute atomic E-state index is 12.3. The van der Waals surface area contributed by atoms with Crippen LogP contribution in [0.3, 0.4) is 0 Å². The zero-order valence-corrected chi connectivity index (χ0v) is 14.8. The van der Waals surface area contributed by atoms with Crippen molar-refractivity contribution >= 4 is 17.2 Å². The van der Waals surface area contributed by atoms with Crippen molar-refractivity contribution in [2.45, 2.75) is 25.8 Å². The molecule has 3 rings (SSSR count). The van der Waals surface area contributed by atoms with Gasteiger partial charge in [0.1, 0.15) is 0 Å². The Kier molecular flexibility index (Phi) is 4.66. The van der Waals surface area contributed by atoms with Gasteiger partial charge in [-0.05, 0) is 43.2 Å². The summed E-state index contributed by atoms with van der Waals surface area (Å²) in [5, 5.41) is 12.9. The van der Waals surface area contributed by atoms with Crippen LogP contribution in [0.25, 0.3) is 0 Å². The third kappa shape index (κ3) is 3.33. The van der Waals surface area contributed by atoms with Crippen molar-refractivity contribution in [2.24, 2.45) is 5.92 Å². The van der Waals surface area contributed by atoms with Gasteiger partial charge in [0.2, 0.25) is 11.7 Å². The van der Waals surface area contributed by atoms with E-state index in [1.807, 2.05) is 0 Å². The fourth-order valence-electron chi connectivity index (χ4n) is 2.82. The summed E-state index contributed by atoms with van der Waals surface area (Å²) in [4.78, 5) is 14.9. The van der Waals surface area contributed by atoms with E-state index in [1.54, 1.807) is 23.5 Å². The monoisotopic (exact) mass is 347 g/mol. The number of phenols is 1. The number of phenolic OH excluding ortho intramolecular Hbond substituents is 1. The molecule has 0 spiro atoms. The summed E-state index contributed by atoms with van der Waals surface area (Å²) in [6.45, 7) is 2.45. The van der Waals surface area contributed by atoms with Gasteiger partial charge in [0, 0.05) is 28.1 Å². The molecule has 24 heavy (non-hydrogen) atoms. The molecule has 0 saturated heterocycles. The fourth-order valence-corrected chi connectivity index (χ4v) is 3.88. The molecule has 2 aromatic rings. The highest BCUT2D eigenvalue weighted by molar-refractivity contribution is 7.12. The molecule has 0 bridgehead atoms. The van der Waals surface area contributed by atoms with Gasteiger partial charge in [-0.2, -0.15) is 0 Å². The number of benzene rings is 1. The lowest BCUT2D eigenvalue weighted by atomic mass is 10.1. The minimum absolute atomic E-state index is 0.0367. The van der Waals surface area contributed by atoms with Crippen molar-refractivity contribution in [1.29, 1.82) is 0 Å². The van der Waals surface area contributed by atoms with Crippen LogP contribution in [-0.4, -0.2) is 25.2 Å². The molecule has 0 aliphatic heterocycles. The Hall–Kier alpha value is -2.21. The van der Waals surface area contributed by atoms with Crippen LogP contribution in [0.1, 0.15) is 27.7 Å². The van der Waals surface area contributed by atoms with E-state index in [0.717, 1.165) is 12.0 Å². The van der Waals surface area contributed by atoms with E-state index >= 15 is 0 Å². The van der Waals surface area contributed by atoms with Gasteiger partial charge in [0.25, 0.3) is 0 Å². The third-order valence-corrected chi connectivity index (χ3v) is 5.39. The van der Waals surface area contributed by atoms with E-state index in [0.29, 0.717) is 24.0 Å². The Bertz CT molecular complexity index is 730. The predicted octanol–water partition coefficient (Wildman–Crippen LogP) is 3.20. The molecule has 5 nitrogen and oxygen atoms in total. The summed E-state index contributed by atoms with van der Waals surface area (Å²) in [7, 11) is 2.96. The first-order valence-electron chi connectivity index (χ1n) is 7.81. The lowest BCUT2D eigenvalue weighted by Crippen LogP contribution is -2.24. The van der Waals surface area contributed by atoms with Crippen molar-refractivity contribution in [3.8, 4) is 17.2 Å². The Morgan fingerprint density at radius 1 is 1.29 bits per heavy atom. The number of thiophene rings is 1. The molecule has 2 N–H and O–H groups in total. The Labute approximate surface area is 145 Å². The second kappa shape index (κ2) is 6.73. The Morgan fingerprint density at radius 2 is 1.96 bits per heavy atom. The quantitative estimate of drug-likeness (QED) is 0.842. The second-order valence-corrected chi connectivity index (χ2v) is 7.28. The highest BCUT2D eigenvalue weighted by atomic mass is 32.1. The van der Waals surface area contributed by atoms with Crippen LogP contribution in [0, 0.1) is 12.8 Å². The lowest BCUT2D eigenvalue weighted by Gasteiger charge is -2.12. The zero-order chi connectivity index (χ0) is 17.3. The largest absolute Gasteiger partial charge is 0.502 e. The van der Waals surface area contributed by atoms with E-state index in [9.17, 15) is 9.90 Å². The van der Waals surface area contributed by atoms with Crippen molar-refractivity contribution in [2.75, 3.05) is 14.2 Å². The molecule has 1 aliphatic rings. The first-order valence-corrected chi connectivity index (χ1v) is 8.63. The van der Waals surface area contributed by atoms with Gasteiger partial charge in [-0.3, -0.25) is 4.79 Å². The van der Waals surface area contributed by atoms with Crippen LogP contribution < -0.4 is 14.8 Å². The van der Waals surface area contributed by atoms with Gasteiger partial charge in [-0.25, -0.2) is 0 Å². The first kappa shape index (κ1) is 16.6. The number of ether oxygens (including phenoxy) is 2. The van der Waals surface area contributed by atoms with Crippen LogP contribution in [0.5, 0.6) is 17.2 Å². The molecule has 1 aromatic heterocycles. The fraction of sp³-hybridized carbons (Fsp3) is 0.389. The summed E-state index contributed by atoms with van der Waals surface area (Å²) in [6.07, 6.45) is 0.911.